The number of fused-ring (bicyclic) bond motifs is 4. The summed E-state index contributed by atoms with van der Waals surface area (Å²) >= 11 is 15.5. The van der Waals surface area contributed by atoms with Crippen molar-refractivity contribution < 1.29 is 18.5 Å². The molecule has 0 unspecified atom stereocenters. The van der Waals surface area contributed by atoms with Crippen molar-refractivity contribution in [2.24, 2.45) is 0 Å². The van der Waals surface area contributed by atoms with Crippen LogP contribution in [0.1, 0.15) is 22.3 Å². The van der Waals surface area contributed by atoms with Crippen molar-refractivity contribution >= 4 is 78.2 Å². The predicted molar refractivity (Wildman–Crippen MR) is 150 cm³/mol. The number of benzene rings is 4. The van der Waals surface area contributed by atoms with Crippen LogP contribution in [0, 0.1) is 0 Å². The highest BCUT2D eigenvalue weighted by molar-refractivity contribution is 7.99. The van der Waals surface area contributed by atoms with Gasteiger partial charge in [0, 0.05) is 40.8 Å². The summed E-state index contributed by atoms with van der Waals surface area (Å²) in [5.41, 5.74) is 2.79. The third kappa shape index (κ3) is 5.23. The molecule has 0 saturated carbocycles. The number of hydrogen-bond acceptors (Lipinski definition) is 6. The lowest BCUT2D eigenvalue weighted by Crippen LogP contribution is -2.08. The first-order valence-corrected chi connectivity index (χ1v) is 15.0. The molecule has 0 aliphatic carbocycles. The summed E-state index contributed by atoms with van der Waals surface area (Å²) in [5.74, 6) is 0.311. The van der Waals surface area contributed by atoms with Crippen LogP contribution in [0.15, 0.2) is 105 Å². The van der Waals surface area contributed by atoms with Gasteiger partial charge in [0.15, 0.2) is 0 Å². The number of phosphoric acid groups is 1. The van der Waals surface area contributed by atoms with Crippen LogP contribution >= 0.6 is 54.5 Å². The van der Waals surface area contributed by atoms with E-state index in [1.165, 1.54) is 23.5 Å². The quantitative estimate of drug-likeness (QED) is 0.224. The Morgan fingerprint density at radius 2 is 1.05 bits per heavy atom. The van der Waals surface area contributed by atoms with Crippen molar-refractivity contribution in [1.29, 1.82) is 0 Å². The van der Waals surface area contributed by atoms with Crippen LogP contribution in [0.3, 0.4) is 0 Å². The van der Waals surface area contributed by atoms with Crippen molar-refractivity contribution in [3.05, 3.63) is 117 Å². The van der Waals surface area contributed by atoms with E-state index >= 15 is 0 Å². The third-order valence-electron chi connectivity index (χ3n) is 5.68. The minimum Gasteiger partial charge on any atom is -0.736 e. The minimum absolute atomic E-state index is 0.155. The van der Waals surface area contributed by atoms with Gasteiger partial charge in [-0.05, 0) is 71.8 Å². The van der Waals surface area contributed by atoms with E-state index in [-0.39, 0.29) is 11.5 Å². The lowest BCUT2D eigenvalue weighted by atomic mass is 10.1. The zero-order chi connectivity index (χ0) is 25.6. The molecule has 37 heavy (non-hydrogen) atoms. The Bertz CT molecular complexity index is 1550. The van der Waals surface area contributed by atoms with Gasteiger partial charge in [-0.15, -0.1) is 0 Å². The molecule has 0 saturated heterocycles. The molecule has 2 aliphatic rings. The van der Waals surface area contributed by atoms with Crippen LogP contribution in [0.5, 0.6) is 0 Å². The predicted octanol–water partition coefficient (Wildman–Crippen LogP) is 9.12. The summed E-state index contributed by atoms with van der Waals surface area (Å²) in [4.78, 5) is 17.0. The average Bonchev–Trinajstić information content (AvgIpc) is 3.10. The molecule has 2 aliphatic heterocycles. The van der Waals surface area contributed by atoms with E-state index in [1.54, 1.807) is 36.4 Å². The molecular weight excluding hydrogens is 566 g/mol. The summed E-state index contributed by atoms with van der Waals surface area (Å²) in [5, 5.41) is 1.08. The van der Waals surface area contributed by atoms with Crippen molar-refractivity contribution in [2.75, 3.05) is 0 Å². The fourth-order valence-electron chi connectivity index (χ4n) is 4.05. The second-order valence-electron chi connectivity index (χ2n) is 8.21. The molecule has 0 spiro atoms. The molecule has 0 atom stereocenters. The first kappa shape index (κ1) is 24.7. The van der Waals surface area contributed by atoms with Crippen molar-refractivity contribution in [3.63, 3.8) is 0 Å². The molecule has 4 nitrogen and oxygen atoms in total. The SMILES string of the molecule is O=P([O-])(OC1=Cc2cc(Cl)ccc2Sc2ccccc21)OC1=Cc2cc(Cl)ccc2Sc2ccccc21. The van der Waals surface area contributed by atoms with Gasteiger partial charge in [0.25, 0.3) is 0 Å². The molecule has 9 heteroatoms. The summed E-state index contributed by atoms with van der Waals surface area (Å²) in [7, 11) is -4.90. The van der Waals surface area contributed by atoms with E-state index in [0.29, 0.717) is 21.2 Å². The zero-order valence-electron chi connectivity index (χ0n) is 18.9. The largest absolute Gasteiger partial charge is 0.736 e. The average molecular weight is 582 g/mol. The van der Waals surface area contributed by atoms with E-state index < -0.39 is 7.82 Å². The second kappa shape index (κ2) is 9.95. The maximum absolute atomic E-state index is 13.4. The zero-order valence-corrected chi connectivity index (χ0v) is 22.9. The molecule has 0 bridgehead atoms. The standard InChI is InChI=1S/C28H17Cl2O4PS2/c29-19-9-11-25-17(13-19)15-23(21-5-1-3-7-27(21)36-25)33-35(31,32)34-24-16-18-14-20(30)10-12-26(18)37-28-8-4-2-6-22(24)28/h1-16H,(H,31,32)/p-1. The second-order valence-corrected chi connectivity index (χ2v) is 12.5. The Morgan fingerprint density at radius 3 is 1.51 bits per heavy atom. The molecule has 4 aromatic rings. The van der Waals surface area contributed by atoms with Gasteiger partial charge < -0.3 is 13.9 Å². The van der Waals surface area contributed by atoms with Crippen LogP contribution < -0.4 is 4.89 Å². The van der Waals surface area contributed by atoms with E-state index in [4.69, 9.17) is 32.2 Å². The molecule has 0 radical (unpaired) electrons. The van der Waals surface area contributed by atoms with E-state index in [0.717, 1.165) is 30.7 Å². The summed E-state index contributed by atoms with van der Waals surface area (Å²) in [6.45, 7) is 0. The summed E-state index contributed by atoms with van der Waals surface area (Å²) in [6, 6.07) is 25.9. The highest BCUT2D eigenvalue weighted by atomic mass is 35.5. The third-order valence-corrected chi connectivity index (χ3v) is 9.33. The molecule has 0 fully saturated rings. The Morgan fingerprint density at radius 1 is 0.622 bits per heavy atom. The van der Waals surface area contributed by atoms with Crippen LogP contribution in [0.4, 0.5) is 0 Å². The normalized spacial score (nSPS) is 14.0. The molecule has 0 aromatic heterocycles. The fourth-order valence-corrected chi connectivity index (χ4v) is 7.30. The first-order valence-electron chi connectivity index (χ1n) is 11.1. The Labute approximate surface area is 232 Å². The van der Waals surface area contributed by atoms with Crippen molar-refractivity contribution in [1.82, 2.24) is 0 Å². The molecular formula is C28H16Cl2O4PS2-. The monoisotopic (exact) mass is 581 g/mol. The van der Waals surface area contributed by atoms with Crippen LogP contribution in [-0.2, 0) is 13.6 Å². The highest BCUT2D eigenvalue weighted by Gasteiger charge is 2.25. The van der Waals surface area contributed by atoms with Gasteiger partial charge >= 0.3 is 7.82 Å². The van der Waals surface area contributed by atoms with E-state index in [9.17, 15) is 9.46 Å². The van der Waals surface area contributed by atoms with Gasteiger partial charge in [-0.3, -0.25) is 0 Å². The first-order chi connectivity index (χ1) is 17.8. The van der Waals surface area contributed by atoms with Gasteiger partial charge in [-0.2, -0.15) is 0 Å². The maximum atomic E-state index is 13.4. The lowest BCUT2D eigenvalue weighted by molar-refractivity contribution is -0.213. The molecule has 2 heterocycles. The molecule has 0 N–H and O–H groups in total. The van der Waals surface area contributed by atoms with Crippen molar-refractivity contribution in [2.45, 2.75) is 19.6 Å². The highest BCUT2D eigenvalue weighted by Crippen LogP contribution is 2.53. The van der Waals surface area contributed by atoms with Gasteiger partial charge in [-0.1, -0.05) is 83.1 Å². The van der Waals surface area contributed by atoms with Gasteiger partial charge in [0.1, 0.15) is 11.5 Å². The maximum Gasteiger partial charge on any atom is 0.372 e. The van der Waals surface area contributed by atoms with Crippen molar-refractivity contribution in [3.8, 4) is 0 Å². The number of rotatable bonds is 4. The molecule has 184 valence electrons. The molecule has 4 aromatic carbocycles. The Balaban J connectivity index is 1.41. The Hall–Kier alpha value is -2.57. The number of halogens is 2. The Kier molecular flexibility index (Phi) is 6.66. The lowest BCUT2D eigenvalue weighted by Gasteiger charge is -2.27. The fraction of sp³-hybridized carbons (Fsp3) is 0. The van der Waals surface area contributed by atoms with Gasteiger partial charge in [0.05, 0.1) is 0 Å². The smallest absolute Gasteiger partial charge is 0.372 e. The number of phosphoric ester groups is 1. The topological polar surface area (TPSA) is 58.6 Å². The van der Waals surface area contributed by atoms with Crippen LogP contribution in [-0.4, -0.2) is 0 Å². The number of hydrogen-bond donors (Lipinski definition) is 0. The van der Waals surface area contributed by atoms with Crippen LogP contribution in [0.2, 0.25) is 10.0 Å². The van der Waals surface area contributed by atoms with E-state index in [1.807, 2.05) is 60.7 Å². The van der Waals surface area contributed by atoms with E-state index in [2.05, 4.69) is 0 Å². The summed E-state index contributed by atoms with van der Waals surface area (Å²) in [6.07, 6.45) is 3.35. The van der Waals surface area contributed by atoms with Gasteiger partial charge in [-0.25, -0.2) is 4.57 Å². The molecule has 0 amide bonds. The molecule has 6 rings (SSSR count). The van der Waals surface area contributed by atoms with Crippen LogP contribution in [0.25, 0.3) is 23.7 Å². The summed E-state index contributed by atoms with van der Waals surface area (Å²) < 4.78 is 24.7. The minimum atomic E-state index is -4.90. The van der Waals surface area contributed by atoms with Gasteiger partial charge in [0.2, 0.25) is 0 Å².